The second kappa shape index (κ2) is 7.85. The van der Waals surface area contributed by atoms with Crippen molar-refractivity contribution in [3.8, 4) is 17.2 Å². The molecule has 5 nitrogen and oxygen atoms in total. The maximum Gasteiger partial charge on any atom is 0.268 e. The summed E-state index contributed by atoms with van der Waals surface area (Å²) in [5, 5.41) is 4.72. The minimum absolute atomic E-state index is 0.143. The fraction of sp³-hybridized carbons (Fsp3) is 0. The molecule has 0 unspecified atom stereocenters. The van der Waals surface area contributed by atoms with E-state index in [9.17, 15) is 4.79 Å². The molecule has 0 spiro atoms. The summed E-state index contributed by atoms with van der Waals surface area (Å²) < 4.78 is 3.81. The molecule has 0 atom stereocenters. The zero-order valence-electron chi connectivity index (χ0n) is 20.2. The summed E-state index contributed by atoms with van der Waals surface area (Å²) in [7, 11) is 0. The van der Waals surface area contributed by atoms with Crippen LogP contribution in [0.25, 0.3) is 66.3 Å². The van der Waals surface area contributed by atoms with Crippen LogP contribution >= 0.6 is 0 Å². The quantitative estimate of drug-likeness (QED) is 0.243. The molecule has 0 aliphatic heterocycles. The average molecular weight is 489 g/mol. The van der Waals surface area contributed by atoms with E-state index in [2.05, 4.69) is 28.7 Å². The first kappa shape index (κ1) is 20.9. The standard InChI is InChI=1S/C33H20N4O/c38-32-26-18-22-12-4-5-13-23(22)19-29(26)36-28-17-9-6-14-24(28)20-30(36)37(32)33-34-27-16-8-7-15-25(27)31(35-33)21-10-2-1-3-11-21/h1-20H. The van der Waals surface area contributed by atoms with Gasteiger partial charge in [0.15, 0.2) is 0 Å². The van der Waals surface area contributed by atoms with Gasteiger partial charge in [-0.25, -0.2) is 14.5 Å². The van der Waals surface area contributed by atoms with Gasteiger partial charge in [-0.1, -0.05) is 91.0 Å². The van der Waals surface area contributed by atoms with E-state index < -0.39 is 0 Å². The Morgan fingerprint density at radius 1 is 0.553 bits per heavy atom. The predicted molar refractivity (Wildman–Crippen MR) is 154 cm³/mol. The molecule has 0 aliphatic carbocycles. The Kier molecular flexibility index (Phi) is 4.31. The Bertz CT molecular complexity index is 2260. The highest BCUT2D eigenvalue weighted by atomic mass is 16.1. The molecule has 3 aromatic heterocycles. The molecule has 0 saturated carbocycles. The molecule has 38 heavy (non-hydrogen) atoms. The van der Waals surface area contributed by atoms with Gasteiger partial charge < -0.3 is 0 Å². The highest BCUT2D eigenvalue weighted by molar-refractivity contribution is 6.01. The van der Waals surface area contributed by atoms with Gasteiger partial charge in [0, 0.05) is 16.3 Å². The van der Waals surface area contributed by atoms with Crippen LogP contribution in [0.3, 0.4) is 0 Å². The SMILES string of the molecule is O=c1c2cc3ccccc3cc2n2c3ccccc3cc2n1-c1nc(-c2ccccc2)c2ccccc2n1. The minimum Gasteiger partial charge on any atom is -0.295 e. The molecule has 0 bridgehead atoms. The summed E-state index contributed by atoms with van der Waals surface area (Å²) in [4.78, 5) is 24.3. The topological polar surface area (TPSA) is 52.2 Å². The Morgan fingerprint density at radius 3 is 2.08 bits per heavy atom. The fourth-order valence-electron chi connectivity index (χ4n) is 5.54. The molecule has 0 fully saturated rings. The zero-order valence-corrected chi connectivity index (χ0v) is 20.2. The smallest absolute Gasteiger partial charge is 0.268 e. The van der Waals surface area contributed by atoms with E-state index in [4.69, 9.17) is 9.97 Å². The van der Waals surface area contributed by atoms with Crippen LogP contribution < -0.4 is 5.56 Å². The van der Waals surface area contributed by atoms with E-state index in [1.807, 2.05) is 97.1 Å². The Balaban J connectivity index is 1.57. The molecular weight excluding hydrogens is 468 g/mol. The third-order valence-electron chi connectivity index (χ3n) is 7.30. The summed E-state index contributed by atoms with van der Waals surface area (Å²) in [6.07, 6.45) is 0. The molecule has 0 radical (unpaired) electrons. The maximum atomic E-state index is 14.3. The molecule has 5 heteroatoms. The molecule has 0 aliphatic rings. The van der Waals surface area contributed by atoms with Crippen molar-refractivity contribution in [3.63, 3.8) is 0 Å². The summed E-state index contributed by atoms with van der Waals surface area (Å²) in [5.41, 5.74) is 5.04. The number of fused-ring (bicyclic) bond motifs is 7. The van der Waals surface area contributed by atoms with Gasteiger partial charge >= 0.3 is 0 Å². The van der Waals surface area contributed by atoms with Gasteiger partial charge in [-0.15, -0.1) is 0 Å². The molecule has 5 aromatic carbocycles. The van der Waals surface area contributed by atoms with Crippen molar-refractivity contribution in [1.29, 1.82) is 0 Å². The summed E-state index contributed by atoms with van der Waals surface area (Å²) in [6.45, 7) is 0. The van der Waals surface area contributed by atoms with Crippen LogP contribution in [0.1, 0.15) is 0 Å². The molecule has 0 N–H and O–H groups in total. The molecule has 3 heterocycles. The highest BCUT2D eigenvalue weighted by Gasteiger charge is 2.19. The van der Waals surface area contributed by atoms with Crippen molar-refractivity contribution in [1.82, 2.24) is 18.9 Å². The maximum absolute atomic E-state index is 14.3. The van der Waals surface area contributed by atoms with Gasteiger partial charge in [0.1, 0.15) is 5.65 Å². The third kappa shape index (κ3) is 2.96. The van der Waals surface area contributed by atoms with Crippen LogP contribution in [0, 0.1) is 0 Å². The minimum atomic E-state index is -0.143. The van der Waals surface area contributed by atoms with Gasteiger partial charge in [0.25, 0.3) is 5.56 Å². The number of nitrogens with zero attached hydrogens (tertiary/aromatic N) is 4. The van der Waals surface area contributed by atoms with Gasteiger partial charge in [0.2, 0.25) is 5.95 Å². The van der Waals surface area contributed by atoms with Crippen LogP contribution in [0.4, 0.5) is 0 Å². The van der Waals surface area contributed by atoms with Gasteiger partial charge in [0.05, 0.1) is 27.6 Å². The first-order valence-electron chi connectivity index (χ1n) is 12.6. The Labute approximate surface area is 216 Å². The average Bonchev–Trinajstić information content (AvgIpc) is 3.36. The largest absolute Gasteiger partial charge is 0.295 e. The number of para-hydroxylation sites is 2. The van der Waals surface area contributed by atoms with E-state index in [-0.39, 0.29) is 5.56 Å². The van der Waals surface area contributed by atoms with E-state index in [1.54, 1.807) is 4.57 Å². The molecular formula is C33H20N4O. The Morgan fingerprint density at radius 2 is 1.24 bits per heavy atom. The van der Waals surface area contributed by atoms with Crippen molar-refractivity contribution in [3.05, 3.63) is 132 Å². The lowest BCUT2D eigenvalue weighted by molar-refractivity contribution is 0.919. The first-order valence-corrected chi connectivity index (χ1v) is 12.6. The number of rotatable bonds is 2. The van der Waals surface area contributed by atoms with Crippen LogP contribution in [-0.2, 0) is 0 Å². The number of aromatic nitrogens is 4. The van der Waals surface area contributed by atoms with E-state index in [0.717, 1.165) is 55.0 Å². The van der Waals surface area contributed by atoms with E-state index in [0.29, 0.717) is 11.3 Å². The highest BCUT2D eigenvalue weighted by Crippen LogP contribution is 2.30. The fourth-order valence-corrected chi connectivity index (χ4v) is 5.54. The molecule has 8 aromatic rings. The summed E-state index contributed by atoms with van der Waals surface area (Å²) in [6, 6.07) is 40.5. The van der Waals surface area contributed by atoms with Crippen molar-refractivity contribution < 1.29 is 0 Å². The second-order valence-electron chi connectivity index (χ2n) is 9.51. The first-order chi connectivity index (χ1) is 18.8. The molecule has 178 valence electrons. The van der Waals surface area contributed by atoms with Crippen molar-refractivity contribution >= 4 is 49.1 Å². The van der Waals surface area contributed by atoms with Crippen molar-refractivity contribution in [2.24, 2.45) is 0 Å². The molecule has 8 rings (SSSR count). The number of hydrogen-bond donors (Lipinski definition) is 0. The second-order valence-corrected chi connectivity index (χ2v) is 9.51. The van der Waals surface area contributed by atoms with Crippen molar-refractivity contribution in [2.75, 3.05) is 0 Å². The Hall–Kier alpha value is -5.29. The zero-order chi connectivity index (χ0) is 25.2. The van der Waals surface area contributed by atoms with Crippen molar-refractivity contribution in [2.45, 2.75) is 0 Å². The van der Waals surface area contributed by atoms with Crippen LogP contribution in [0.15, 0.2) is 126 Å². The van der Waals surface area contributed by atoms with Gasteiger partial charge in [-0.05, 0) is 41.1 Å². The summed E-state index contributed by atoms with van der Waals surface area (Å²) in [5.74, 6) is 0.357. The van der Waals surface area contributed by atoms with Crippen LogP contribution in [-0.4, -0.2) is 18.9 Å². The monoisotopic (exact) mass is 488 g/mol. The van der Waals surface area contributed by atoms with Gasteiger partial charge in [-0.3, -0.25) is 9.20 Å². The lowest BCUT2D eigenvalue weighted by Gasteiger charge is -2.14. The van der Waals surface area contributed by atoms with Crippen LogP contribution in [0.5, 0.6) is 0 Å². The number of hydrogen-bond acceptors (Lipinski definition) is 3. The molecule has 0 amide bonds. The lowest BCUT2D eigenvalue weighted by Crippen LogP contribution is -2.23. The normalized spacial score (nSPS) is 11.8. The molecule has 0 saturated heterocycles. The van der Waals surface area contributed by atoms with Crippen LogP contribution in [0.2, 0.25) is 0 Å². The third-order valence-corrected chi connectivity index (χ3v) is 7.30. The lowest BCUT2D eigenvalue weighted by atomic mass is 10.1. The van der Waals surface area contributed by atoms with Gasteiger partial charge in [-0.2, -0.15) is 0 Å². The van der Waals surface area contributed by atoms with E-state index >= 15 is 0 Å². The summed E-state index contributed by atoms with van der Waals surface area (Å²) >= 11 is 0. The predicted octanol–water partition coefficient (Wildman–Crippen LogP) is 7.16. The number of benzene rings is 5. The van der Waals surface area contributed by atoms with E-state index in [1.165, 1.54) is 0 Å².